The molecule has 0 saturated carbocycles. The van der Waals surface area contributed by atoms with E-state index in [1.807, 2.05) is 60.7 Å². The van der Waals surface area contributed by atoms with Crippen LogP contribution in [0.1, 0.15) is 24.5 Å². The predicted octanol–water partition coefficient (Wildman–Crippen LogP) is 3.95. The molecular weight excluding hydrogens is 330 g/mol. The SMILES string of the molecule is C=C(C[C@@H](NC(=O)OCc1ccccc1)C(=O)OCC)c1ccccc1. The van der Waals surface area contributed by atoms with Crippen LogP contribution in [-0.2, 0) is 20.9 Å². The molecule has 0 aliphatic rings. The van der Waals surface area contributed by atoms with Crippen LogP contribution in [0.2, 0.25) is 0 Å². The average Bonchev–Trinajstić information content (AvgIpc) is 2.67. The molecule has 136 valence electrons. The van der Waals surface area contributed by atoms with Gasteiger partial charge in [0.1, 0.15) is 12.6 Å². The van der Waals surface area contributed by atoms with Crippen molar-refractivity contribution in [2.45, 2.75) is 26.0 Å². The third-order valence-corrected chi connectivity index (χ3v) is 3.71. The first-order valence-electron chi connectivity index (χ1n) is 8.47. The summed E-state index contributed by atoms with van der Waals surface area (Å²) in [5.41, 5.74) is 2.50. The second-order valence-corrected chi connectivity index (χ2v) is 5.68. The highest BCUT2D eigenvalue weighted by Crippen LogP contribution is 2.18. The molecule has 0 aliphatic heterocycles. The molecule has 0 fully saturated rings. The van der Waals surface area contributed by atoms with E-state index in [1.165, 1.54) is 0 Å². The summed E-state index contributed by atoms with van der Waals surface area (Å²) >= 11 is 0. The Morgan fingerprint density at radius 2 is 1.62 bits per heavy atom. The summed E-state index contributed by atoms with van der Waals surface area (Å²) in [5, 5.41) is 2.58. The third-order valence-electron chi connectivity index (χ3n) is 3.71. The number of esters is 1. The maximum atomic E-state index is 12.2. The molecular formula is C21H23NO4. The van der Waals surface area contributed by atoms with Crippen molar-refractivity contribution in [1.82, 2.24) is 5.32 Å². The van der Waals surface area contributed by atoms with Crippen molar-refractivity contribution < 1.29 is 19.1 Å². The summed E-state index contributed by atoms with van der Waals surface area (Å²) < 4.78 is 10.2. The Bertz CT molecular complexity index is 728. The van der Waals surface area contributed by atoms with Gasteiger partial charge >= 0.3 is 12.1 Å². The molecule has 2 rings (SSSR count). The van der Waals surface area contributed by atoms with Crippen molar-refractivity contribution in [2.24, 2.45) is 0 Å². The van der Waals surface area contributed by atoms with Crippen LogP contribution in [-0.4, -0.2) is 24.7 Å². The van der Waals surface area contributed by atoms with Crippen LogP contribution in [0.4, 0.5) is 4.79 Å². The summed E-state index contributed by atoms with van der Waals surface area (Å²) in [7, 11) is 0. The number of rotatable bonds is 8. The number of benzene rings is 2. The van der Waals surface area contributed by atoms with Crippen LogP contribution in [0.3, 0.4) is 0 Å². The molecule has 1 N–H and O–H groups in total. The Morgan fingerprint density at radius 3 is 2.23 bits per heavy atom. The van der Waals surface area contributed by atoms with E-state index < -0.39 is 18.1 Å². The standard InChI is InChI=1S/C21H23NO4/c1-3-25-20(23)19(14-16(2)18-12-8-5-9-13-18)22-21(24)26-15-17-10-6-4-7-11-17/h4-13,19H,2-3,14-15H2,1H3,(H,22,24)/t19-/m1/s1. The number of hydrogen-bond acceptors (Lipinski definition) is 4. The lowest BCUT2D eigenvalue weighted by molar-refractivity contribution is -0.145. The first-order chi connectivity index (χ1) is 12.6. The van der Waals surface area contributed by atoms with Gasteiger partial charge in [0.2, 0.25) is 0 Å². The fourth-order valence-corrected chi connectivity index (χ4v) is 2.38. The lowest BCUT2D eigenvalue weighted by Crippen LogP contribution is -2.42. The van der Waals surface area contributed by atoms with Gasteiger partial charge in [-0.2, -0.15) is 0 Å². The molecule has 1 atom stereocenters. The van der Waals surface area contributed by atoms with E-state index in [0.717, 1.165) is 16.7 Å². The highest BCUT2D eigenvalue weighted by molar-refractivity contribution is 5.83. The molecule has 1 amide bonds. The smallest absolute Gasteiger partial charge is 0.408 e. The second kappa shape index (κ2) is 10.0. The maximum Gasteiger partial charge on any atom is 0.408 e. The highest BCUT2D eigenvalue weighted by Gasteiger charge is 2.24. The molecule has 2 aromatic carbocycles. The van der Waals surface area contributed by atoms with Gasteiger partial charge in [-0.1, -0.05) is 67.2 Å². The van der Waals surface area contributed by atoms with Crippen molar-refractivity contribution in [3.05, 3.63) is 78.4 Å². The van der Waals surface area contributed by atoms with Gasteiger partial charge in [0, 0.05) is 6.42 Å². The van der Waals surface area contributed by atoms with Gasteiger partial charge in [-0.25, -0.2) is 9.59 Å². The number of nitrogens with one attached hydrogen (secondary N) is 1. The Balaban J connectivity index is 1.96. The first kappa shape index (κ1) is 19.2. The molecule has 5 heteroatoms. The molecule has 5 nitrogen and oxygen atoms in total. The van der Waals surface area contributed by atoms with Crippen LogP contribution in [0, 0.1) is 0 Å². The Labute approximate surface area is 153 Å². The number of alkyl carbamates (subject to hydrolysis) is 1. The lowest BCUT2D eigenvalue weighted by Gasteiger charge is -2.18. The van der Waals surface area contributed by atoms with Crippen LogP contribution in [0.5, 0.6) is 0 Å². The zero-order valence-electron chi connectivity index (χ0n) is 14.8. The summed E-state index contributed by atoms with van der Waals surface area (Å²) in [6.45, 7) is 6.08. The zero-order valence-corrected chi connectivity index (χ0v) is 14.8. The number of carbonyl (C=O) groups excluding carboxylic acids is 2. The minimum Gasteiger partial charge on any atom is -0.464 e. The van der Waals surface area contributed by atoms with E-state index in [-0.39, 0.29) is 19.6 Å². The van der Waals surface area contributed by atoms with E-state index in [1.54, 1.807) is 6.92 Å². The first-order valence-corrected chi connectivity index (χ1v) is 8.47. The van der Waals surface area contributed by atoms with Gasteiger partial charge in [0.25, 0.3) is 0 Å². The fraction of sp³-hybridized carbons (Fsp3) is 0.238. The summed E-state index contributed by atoms with van der Waals surface area (Å²) in [6.07, 6.45) is -0.434. The largest absolute Gasteiger partial charge is 0.464 e. The van der Waals surface area contributed by atoms with Crippen LogP contribution < -0.4 is 5.32 Å². The van der Waals surface area contributed by atoms with Crippen molar-refractivity contribution in [3.8, 4) is 0 Å². The summed E-state index contributed by atoms with van der Waals surface area (Å²) in [5.74, 6) is -0.513. The second-order valence-electron chi connectivity index (χ2n) is 5.68. The van der Waals surface area contributed by atoms with Gasteiger partial charge in [-0.05, 0) is 23.6 Å². The Morgan fingerprint density at radius 1 is 1.00 bits per heavy atom. The number of ether oxygens (including phenoxy) is 2. The van der Waals surface area contributed by atoms with E-state index in [2.05, 4.69) is 11.9 Å². The van der Waals surface area contributed by atoms with E-state index in [4.69, 9.17) is 9.47 Å². The van der Waals surface area contributed by atoms with Gasteiger partial charge in [-0.15, -0.1) is 0 Å². The molecule has 0 radical (unpaired) electrons. The molecule has 0 spiro atoms. The molecule has 0 unspecified atom stereocenters. The van der Waals surface area contributed by atoms with Gasteiger partial charge < -0.3 is 14.8 Å². The van der Waals surface area contributed by atoms with Crippen molar-refractivity contribution >= 4 is 17.6 Å². The minimum atomic E-state index is -0.856. The topological polar surface area (TPSA) is 64.6 Å². The number of carbonyl (C=O) groups is 2. The average molecular weight is 353 g/mol. The highest BCUT2D eigenvalue weighted by atomic mass is 16.6. The third kappa shape index (κ3) is 6.09. The Hall–Kier alpha value is -3.08. The van der Waals surface area contributed by atoms with E-state index >= 15 is 0 Å². The zero-order chi connectivity index (χ0) is 18.8. The predicted molar refractivity (Wildman–Crippen MR) is 100 cm³/mol. The molecule has 0 aliphatic carbocycles. The van der Waals surface area contributed by atoms with Gasteiger partial charge in [-0.3, -0.25) is 0 Å². The summed E-state index contributed by atoms with van der Waals surface area (Å²) in [6, 6.07) is 17.9. The quantitative estimate of drug-likeness (QED) is 0.730. The number of hydrogen-bond donors (Lipinski definition) is 1. The lowest BCUT2D eigenvalue weighted by atomic mass is 10.0. The van der Waals surface area contributed by atoms with Crippen LogP contribution in [0.15, 0.2) is 67.2 Å². The molecule has 0 heterocycles. The normalized spacial score (nSPS) is 11.3. The van der Waals surface area contributed by atoms with Crippen molar-refractivity contribution in [1.29, 1.82) is 0 Å². The monoisotopic (exact) mass is 353 g/mol. The van der Waals surface area contributed by atoms with Crippen molar-refractivity contribution in [2.75, 3.05) is 6.61 Å². The van der Waals surface area contributed by atoms with Gasteiger partial charge in [0.15, 0.2) is 0 Å². The molecule has 0 bridgehead atoms. The van der Waals surface area contributed by atoms with E-state index in [9.17, 15) is 9.59 Å². The summed E-state index contributed by atoms with van der Waals surface area (Å²) in [4.78, 5) is 24.3. The molecule has 26 heavy (non-hydrogen) atoms. The molecule has 2 aromatic rings. The van der Waals surface area contributed by atoms with Crippen LogP contribution in [0.25, 0.3) is 5.57 Å². The number of amides is 1. The van der Waals surface area contributed by atoms with Crippen LogP contribution >= 0.6 is 0 Å². The van der Waals surface area contributed by atoms with Crippen molar-refractivity contribution in [3.63, 3.8) is 0 Å². The maximum absolute atomic E-state index is 12.2. The Kier molecular flexibility index (Phi) is 7.43. The molecule has 0 saturated heterocycles. The molecule has 0 aromatic heterocycles. The van der Waals surface area contributed by atoms with Gasteiger partial charge in [0.05, 0.1) is 6.61 Å². The fourth-order valence-electron chi connectivity index (χ4n) is 2.38. The van der Waals surface area contributed by atoms with E-state index in [0.29, 0.717) is 0 Å². The minimum absolute atomic E-state index is 0.127.